The average molecular weight is 327 g/mol. The van der Waals surface area contributed by atoms with E-state index in [1.807, 2.05) is 25.2 Å². The third kappa shape index (κ3) is 3.72. The van der Waals surface area contributed by atoms with Crippen LogP contribution in [0.15, 0.2) is 48.7 Å². The summed E-state index contributed by atoms with van der Waals surface area (Å²) >= 11 is 0. The number of carbonyl (C=O) groups excluding carboxylic acids is 1. The van der Waals surface area contributed by atoms with Crippen molar-refractivity contribution in [2.75, 3.05) is 25.0 Å². The highest BCUT2D eigenvalue weighted by atomic mass is 19.1. The van der Waals surface area contributed by atoms with Gasteiger partial charge in [-0.3, -0.25) is 4.79 Å². The molecular formula is C19H22FN3O. The van der Waals surface area contributed by atoms with Crippen LogP contribution in [0.2, 0.25) is 0 Å². The molecule has 1 saturated heterocycles. The lowest BCUT2D eigenvalue weighted by Gasteiger charge is -2.38. The van der Waals surface area contributed by atoms with Gasteiger partial charge in [0.15, 0.2) is 0 Å². The van der Waals surface area contributed by atoms with Gasteiger partial charge in [-0.2, -0.15) is 0 Å². The molecule has 24 heavy (non-hydrogen) atoms. The summed E-state index contributed by atoms with van der Waals surface area (Å²) < 4.78 is 13.8. The molecule has 0 aliphatic carbocycles. The van der Waals surface area contributed by atoms with Crippen molar-refractivity contribution in [1.82, 2.24) is 9.88 Å². The normalized spacial score (nSPS) is 17.6. The second-order valence-electron chi connectivity index (χ2n) is 6.20. The number of aromatic nitrogens is 1. The SMILES string of the molecule is CN(C(=O)Cc1ccccc1F)[C@H]1CCCN(c2ccccn2)C1. The third-order valence-electron chi connectivity index (χ3n) is 4.61. The predicted octanol–water partition coefficient (Wildman–Crippen LogP) is 2.89. The number of benzene rings is 1. The van der Waals surface area contributed by atoms with Crippen LogP contribution in [0.1, 0.15) is 18.4 Å². The Morgan fingerprint density at radius 3 is 2.83 bits per heavy atom. The maximum atomic E-state index is 13.8. The summed E-state index contributed by atoms with van der Waals surface area (Å²) in [6, 6.07) is 12.4. The lowest BCUT2D eigenvalue weighted by Crippen LogP contribution is -2.49. The van der Waals surface area contributed by atoms with Crippen LogP contribution in [0.5, 0.6) is 0 Å². The molecule has 1 atom stereocenters. The lowest BCUT2D eigenvalue weighted by atomic mass is 10.0. The lowest BCUT2D eigenvalue weighted by molar-refractivity contribution is -0.131. The van der Waals surface area contributed by atoms with E-state index in [1.54, 1.807) is 29.3 Å². The van der Waals surface area contributed by atoms with E-state index in [-0.39, 0.29) is 24.2 Å². The minimum Gasteiger partial charge on any atom is -0.355 e. The van der Waals surface area contributed by atoms with Crippen molar-refractivity contribution < 1.29 is 9.18 Å². The summed E-state index contributed by atoms with van der Waals surface area (Å²) in [7, 11) is 1.82. The number of hydrogen-bond acceptors (Lipinski definition) is 3. The summed E-state index contributed by atoms with van der Waals surface area (Å²) in [5, 5.41) is 0. The Morgan fingerprint density at radius 2 is 2.08 bits per heavy atom. The standard InChI is InChI=1S/C19H22FN3O/c1-22(19(24)13-15-7-2-3-9-17(15)20)16-8-6-12-23(14-16)18-10-4-5-11-21-18/h2-5,7,9-11,16H,6,8,12-14H2,1H3/t16-/m0/s1. The molecule has 2 aromatic rings. The number of nitrogens with zero attached hydrogens (tertiary/aromatic N) is 3. The van der Waals surface area contributed by atoms with Gasteiger partial charge in [-0.15, -0.1) is 0 Å². The van der Waals surface area contributed by atoms with E-state index in [2.05, 4.69) is 9.88 Å². The van der Waals surface area contributed by atoms with E-state index < -0.39 is 0 Å². The molecule has 2 heterocycles. The highest BCUT2D eigenvalue weighted by Crippen LogP contribution is 2.21. The van der Waals surface area contributed by atoms with Crippen LogP contribution in [-0.2, 0) is 11.2 Å². The molecule has 1 amide bonds. The minimum absolute atomic E-state index is 0.0482. The zero-order valence-electron chi connectivity index (χ0n) is 13.9. The largest absolute Gasteiger partial charge is 0.355 e. The molecule has 0 N–H and O–H groups in total. The van der Waals surface area contributed by atoms with Crippen molar-refractivity contribution in [2.45, 2.75) is 25.3 Å². The monoisotopic (exact) mass is 327 g/mol. The molecule has 5 heteroatoms. The number of carbonyl (C=O) groups is 1. The molecule has 0 saturated carbocycles. The zero-order valence-corrected chi connectivity index (χ0v) is 13.9. The van der Waals surface area contributed by atoms with Crippen LogP contribution in [0, 0.1) is 5.82 Å². The van der Waals surface area contributed by atoms with Crippen LogP contribution in [0.4, 0.5) is 10.2 Å². The first-order valence-corrected chi connectivity index (χ1v) is 8.30. The molecule has 4 nitrogen and oxygen atoms in total. The molecule has 1 aliphatic heterocycles. The Hall–Kier alpha value is -2.43. The van der Waals surface area contributed by atoms with Crippen LogP contribution in [-0.4, -0.2) is 42.0 Å². The van der Waals surface area contributed by atoms with Crippen molar-refractivity contribution in [3.8, 4) is 0 Å². The van der Waals surface area contributed by atoms with E-state index in [1.165, 1.54) is 6.07 Å². The van der Waals surface area contributed by atoms with E-state index in [4.69, 9.17) is 0 Å². The smallest absolute Gasteiger partial charge is 0.227 e. The molecule has 1 aliphatic rings. The van der Waals surface area contributed by atoms with Crippen LogP contribution in [0.25, 0.3) is 0 Å². The second-order valence-corrected chi connectivity index (χ2v) is 6.20. The molecule has 3 rings (SSSR count). The topological polar surface area (TPSA) is 36.4 Å². The molecule has 0 unspecified atom stereocenters. The Morgan fingerprint density at radius 1 is 1.29 bits per heavy atom. The fraction of sp³-hybridized carbons (Fsp3) is 0.368. The first kappa shape index (κ1) is 16.4. The number of piperidine rings is 1. The maximum Gasteiger partial charge on any atom is 0.227 e. The quantitative estimate of drug-likeness (QED) is 0.866. The average Bonchev–Trinajstić information content (AvgIpc) is 2.64. The van der Waals surface area contributed by atoms with Gasteiger partial charge < -0.3 is 9.80 Å². The van der Waals surface area contributed by atoms with Crippen molar-refractivity contribution in [2.24, 2.45) is 0 Å². The molecule has 1 fully saturated rings. The van der Waals surface area contributed by atoms with Gasteiger partial charge in [0.1, 0.15) is 11.6 Å². The molecule has 1 aromatic carbocycles. The fourth-order valence-electron chi connectivity index (χ4n) is 3.15. The Balaban J connectivity index is 1.65. The maximum absolute atomic E-state index is 13.8. The van der Waals surface area contributed by atoms with Crippen LogP contribution in [0.3, 0.4) is 0 Å². The van der Waals surface area contributed by atoms with Gasteiger partial charge in [0.25, 0.3) is 0 Å². The number of amides is 1. The Kier molecular flexibility index (Phi) is 5.08. The predicted molar refractivity (Wildman–Crippen MR) is 92.3 cm³/mol. The highest BCUT2D eigenvalue weighted by molar-refractivity contribution is 5.79. The Bertz CT molecular complexity index is 692. The third-order valence-corrected chi connectivity index (χ3v) is 4.61. The number of likely N-dealkylation sites (N-methyl/N-ethyl adjacent to an activating group) is 1. The highest BCUT2D eigenvalue weighted by Gasteiger charge is 2.27. The first-order chi connectivity index (χ1) is 11.6. The summed E-state index contributed by atoms with van der Waals surface area (Å²) in [5.41, 5.74) is 0.451. The van der Waals surface area contributed by atoms with Gasteiger partial charge in [-0.25, -0.2) is 9.37 Å². The van der Waals surface area contributed by atoms with Crippen molar-refractivity contribution >= 4 is 11.7 Å². The zero-order chi connectivity index (χ0) is 16.9. The Labute approximate surface area is 141 Å². The van der Waals surface area contributed by atoms with Gasteiger partial charge in [0, 0.05) is 32.4 Å². The van der Waals surface area contributed by atoms with Gasteiger partial charge in [0.05, 0.1) is 6.42 Å². The fourth-order valence-corrected chi connectivity index (χ4v) is 3.15. The number of halogens is 1. The molecule has 0 radical (unpaired) electrons. The number of rotatable bonds is 4. The van der Waals surface area contributed by atoms with Crippen molar-refractivity contribution in [1.29, 1.82) is 0 Å². The summed E-state index contributed by atoms with van der Waals surface area (Å²) in [6.07, 6.45) is 3.86. The summed E-state index contributed by atoms with van der Waals surface area (Å²) in [6.45, 7) is 1.71. The van der Waals surface area contributed by atoms with E-state index in [0.717, 1.165) is 31.7 Å². The van der Waals surface area contributed by atoms with E-state index in [9.17, 15) is 9.18 Å². The van der Waals surface area contributed by atoms with Crippen molar-refractivity contribution in [3.63, 3.8) is 0 Å². The number of hydrogen-bond donors (Lipinski definition) is 0. The van der Waals surface area contributed by atoms with E-state index in [0.29, 0.717) is 5.56 Å². The molecule has 1 aromatic heterocycles. The van der Waals surface area contributed by atoms with E-state index >= 15 is 0 Å². The molecular weight excluding hydrogens is 305 g/mol. The molecule has 126 valence electrons. The van der Waals surface area contributed by atoms with Gasteiger partial charge in [-0.1, -0.05) is 24.3 Å². The second kappa shape index (κ2) is 7.43. The molecule has 0 spiro atoms. The van der Waals surface area contributed by atoms with Crippen molar-refractivity contribution in [3.05, 3.63) is 60.0 Å². The van der Waals surface area contributed by atoms with Crippen LogP contribution < -0.4 is 4.90 Å². The molecule has 0 bridgehead atoms. The number of pyridine rings is 1. The van der Waals surface area contributed by atoms with Gasteiger partial charge in [-0.05, 0) is 36.6 Å². The summed E-state index contributed by atoms with van der Waals surface area (Å²) in [5.74, 6) is 0.572. The minimum atomic E-state index is -0.321. The van der Waals surface area contributed by atoms with Gasteiger partial charge >= 0.3 is 0 Å². The number of anilines is 1. The van der Waals surface area contributed by atoms with Crippen LogP contribution >= 0.6 is 0 Å². The summed E-state index contributed by atoms with van der Waals surface area (Å²) in [4.78, 5) is 20.9. The first-order valence-electron chi connectivity index (χ1n) is 8.30. The van der Waals surface area contributed by atoms with Gasteiger partial charge in [0.2, 0.25) is 5.91 Å².